The van der Waals surface area contributed by atoms with Crippen molar-refractivity contribution in [3.8, 4) is 0 Å². The number of piperidine rings is 1. The first-order chi connectivity index (χ1) is 13.5. The summed E-state index contributed by atoms with van der Waals surface area (Å²) in [7, 11) is 0. The Hall–Kier alpha value is -2.08. The number of urea groups is 1. The summed E-state index contributed by atoms with van der Waals surface area (Å²) in [4.78, 5) is 27.0. The summed E-state index contributed by atoms with van der Waals surface area (Å²) in [6.45, 7) is 3.24. The second-order valence-corrected chi connectivity index (χ2v) is 8.28. The van der Waals surface area contributed by atoms with Gasteiger partial charge in [0.1, 0.15) is 0 Å². The van der Waals surface area contributed by atoms with E-state index in [9.17, 15) is 9.59 Å². The van der Waals surface area contributed by atoms with Crippen LogP contribution in [0.25, 0.3) is 0 Å². The normalized spacial score (nSPS) is 21.0. The Kier molecular flexibility index (Phi) is 7.31. The maximum atomic E-state index is 12.9. The zero-order valence-corrected chi connectivity index (χ0v) is 16.9. The van der Waals surface area contributed by atoms with Crippen LogP contribution in [-0.4, -0.2) is 42.0 Å². The Balaban J connectivity index is 1.42. The highest BCUT2D eigenvalue weighted by Gasteiger charge is 2.30. The fraction of sp³-hybridized carbons (Fsp3) is 0.636. The molecule has 2 aliphatic rings. The molecule has 0 aromatic heterocycles. The maximum absolute atomic E-state index is 12.9. The molecule has 2 atom stereocenters. The van der Waals surface area contributed by atoms with Gasteiger partial charge in [0.2, 0.25) is 5.91 Å². The molecular weight excluding hydrogens is 352 g/mol. The number of nitrogens with one attached hydrogen (secondary N) is 2. The van der Waals surface area contributed by atoms with E-state index in [1.54, 1.807) is 0 Å². The van der Waals surface area contributed by atoms with Crippen molar-refractivity contribution in [2.75, 3.05) is 13.1 Å². The highest BCUT2D eigenvalue weighted by molar-refractivity contribution is 5.79. The largest absolute Gasteiger partial charge is 0.342 e. The van der Waals surface area contributed by atoms with Gasteiger partial charge in [-0.1, -0.05) is 56.5 Å². The van der Waals surface area contributed by atoms with E-state index >= 15 is 0 Å². The molecule has 154 valence electrons. The van der Waals surface area contributed by atoms with Crippen LogP contribution in [0.3, 0.4) is 0 Å². The summed E-state index contributed by atoms with van der Waals surface area (Å²) in [5.41, 5.74) is 7.30. The summed E-state index contributed by atoms with van der Waals surface area (Å²) in [6.07, 6.45) is 7.43. The first-order valence-corrected chi connectivity index (χ1v) is 10.7. The van der Waals surface area contributed by atoms with Crippen molar-refractivity contribution < 1.29 is 9.59 Å². The van der Waals surface area contributed by atoms with Crippen molar-refractivity contribution in [1.29, 1.82) is 0 Å². The molecule has 3 amide bonds. The van der Waals surface area contributed by atoms with Gasteiger partial charge >= 0.3 is 6.03 Å². The minimum absolute atomic E-state index is 0.0591. The Morgan fingerprint density at radius 3 is 2.14 bits per heavy atom. The molecule has 1 aromatic carbocycles. The number of nitrogens with zero attached hydrogens (tertiary/aromatic N) is 1. The molecule has 1 saturated carbocycles. The number of nitrogens with two attached hydrogens (primary N) is 1. The molecule has 1 aliphatic carbocycles. The van der Waals surface area contributed by atoms with Gasteiger partial charge in [-0.25, -0.2) is 4.79 Å². The van der Waals surface area contributed by atoms with E-state index in [4.69, 9.17) is 5.73 Å². The van der Waals surface area contributed by atoms with Gasteiger partial charge in [0.25, 0.3) is 0 Å². The van der Waals surface area contributed by atoms with E-state index in [0.29, 0.717) is 19.1 Å². The predicted molar refractivity (Wildman–Crippen MR) is 111 cm³/mol. The summed E-state index contributed by atoms with van der Waals surface area (Å²) in [5.74, 6) is -0.164. The van der Waals surface area contributed by atoms with Gasteiger partial charge in [-0.2, -0.15) is 0 Å². The SMILES string of the molecule is CC(C(=O)N1CCC(NC(=O)NC2CCCCC2)CC1)C(N)c1ccccc1. The van der Waals surface area contributed by atoms with Crippen LogP contribution < -0.4 is 16.4 Å². The zero-order valence-electron chi connectivity index (χ0n) is 16.9. The van der Waals surface area contributed by atoms with Crippen LogP contribution >= 0.6 is 0 Å². The maximum Gasteiger partial charge on any atom is 0.315 e. The third kappa shape index (κ3) is 5.47. The van der Waals surface area contributed by atoms with Crippen molar-refractivity contribution in [2.24, 2.45) is 11.7 Å². The fourth-order valence-electron chi connectivity index (χ4n) is 4.31. The van der Waals surface area contributed by atoms with Crippen LogP contribution in [0.1, 0.15) is 63.5 Å². The van der Waals surface area contributed by atoms with Crippen molar-refractivity contribution in [3.05, 3.63) is 35.9 Å². The molecule has 6 heteroatoms. The molecule has 2 fully saturated rings. The molecule has 1 aliphatic heterocycles. The summed E-state index contributed by atoms with van der Waals surface area (Å²) < 4.78 is 0. The molecule has 0 radical (unpaired) electrons. The average Bonchev–Trinajstić information content (AvgIpc) is 2.74. The van der Waals surface area contributed by atoms with Gasteiger partial charge in [-0.15, -0.1) is 0 Å². The van der Waals surface area contributed by atoms with E-state index in [1.807, 2.05) is 42.2 Å². The minimum Gasteiger partial charge on any atom is -0.342 e. The lowest BCUT2D eigenvalue weighted by Gasteiger charge is -2.35. The number of rotatable bonds is 5. The predicted octanol–water partition coefficient (Wildman–Crippen LogP) is 2.95. The van der Waals surface area contributed by atoms with Gasteiger partial charge in [-0.3, -0.25) is 4.79 Å². The molecular formula is C22H34N4O2. The topological polar surface area (TPSA) is 87.5 Å². The van der Waals surface area contributed by atoms with Crippen molar-refractivity contribution in [3.63, 3.8) is 0 Å². The van der Waals surface area contributed by atoms with Crippen molar-refractivity contribution in [2.45, 2.75) is 70.0 Å². The number of carbonyl (C=O) groups excluding carboxylic acids is 2. The highest BCUT2D eigenvalue weighted by atomic mass is 16.2. The summed E-state index contributed by atoms with van der Waals surface area (Å²) >= 11 is 0. The molecule has 6 nitrogen and oxygen atoms in total. The molecule has 1 saturated heterocycles. The summed E-state index contributed by atoms with van der Waals surface area (Å²) in [5, 5.41) is 6.20. The lowest BCUT2D eigenvalue weighted by molar-refractivity contribution is -0.136. The highest BCUT2D eigenvalue weighted by Crippen LogP contribution is 2.23. The molecule has 28 heavy (non-hydrogen) atoms. The van der Waals surface area contributed by atoms with E-state index < -0.39 is 0 Å². The second kappa shape index (κ2) is 9.92. The Bertz CT molecular complexity index is 637. The molecule has 1 aromatic rings. The van der Waals surface area contributed by atoms with E-state index in [1.165, 1.54) is 19.3 Å². The Morgan fingerprint density at radius 1 is 0.964 bits per heavy atom. The number of benzene rings is 1. The number of carbonyl (C=O) groups is 2. The van der Waals surface area contributed by atoms with Crippen LogP contribution in [0.15, 0.2) is 30.3 Å². The zero-order chi connectivity index (χ0) is 19.9. The lowest BCUT2D eigenvalue weighted by Crippen LogP contribution is -2.52. The van der Waals surface area contributed by atoms with E-state index in [-0.39, 0.29) is 29.9 Å². The smallest absolute Gasteiger partial charge is 0.315 e. The molecule has 4 N–H and O–H groups in total. The number of hydrogen-bond donors (Lipinski definition) is 3. The Morgan fingerprint density at radius 2 is 1.54 bits per heavy atom. The standard InChI is InChI=1S/C22H34N4O2/c1-16(20(23)17-8-4-2-5-9-17)21(27)26-14-12-19(13-15-26)25-22(28)24-18-10-6-3-7-11-18/h2,4-5,8-9,16,18-20H,3,6-7,10-15,23H2,1H3,(H2,24,25,28). The van der Waals surface area contributed by atoms with Crippen LogP contribution in [0.2, 0.25) is 0 Å². The quantitative estimate of drug-likeness (QED) is 0.727. The number of amides is 3. The van der Waals surface area contributed by atoms with Gasteiger partial charge in [-0.05, 0) is 31.2 Å². The fourth-order valence-corrected chi connectivity index (χ4v) is 4.31. The van der Waals surface area contributed by atoms with Crippen LogP contribution in [-0.2, 0) is 4.79 Å². The molecule has 1 heterocycles. The van der Waals surface area contributed by atoms with Crippen LogP contribution in [0.5, 0.6) is 0 Å². The van der Waals surface area contributed by atoms with E-state index in [0.717, 1.165) is 31.2 Å². The monoisotopic (exact) mass is 386 g/mol. The molecule has 2 unspecified atom stereocenters. The average molecular weight is 387 g/mol. The van der Waals surface area contributed by atoms with Crippen LogP contribution in [0, 0.1) is 5.92 Å². The number of likely N-dealkylation sites (tertiary alicyclic amines) is 1. The lowest BCUT2D eigenvalue weighted by atomic mass is 9.93. The molecule has 0 spiro atoms. The second-order valence-electron chi connectivity index (χ2n) is 8.28. The first kappa shape index (κ1) is 20.6. The van der Waals surface area contributed by atoms with Crippen molar-refractivity contribution in [1.82, 2.24) is 15.5 Å². The first-order valence-electron chi connectivity index (χ1n) is 10.7. The van der Waals surface area contributed by atoms with Gasteiger partial charge in [0.05, 0.1) is 5.92 Å². The summed E-state index contributed by atoms with van der Waals surface area (Å²) in [6, 6.07) is 9.86. The van der Waals surface area contributed by atoms with Gasteiger partial charge < -0.3 is 21.3 Å². The molecule has 0 bridgehead atoms. The van der Waals surface area contributed by atoms with E-state index in [2.05, 4.69) is 10.6 Å². The Labute approximate surface area is 168 Å². The van der Waals surface area contributed by atoms with Gasteiger partial charge in [0.15, 0.2) is 0 Å². The number of hydrogen-bond acceptors (Lipinski definition) is 3. The van der Waals surface area contributed by atoms with Crippen molar-refractivity contribution >= 4 is 11.9 Å². The van der Waals surface area contributed by atoms with Gasteiger partial charge in [0, 0.05) is 31.2 Å². The van der Waals surface area contributed by atoms with Crippen LogP contribution in [0.4, 0.5) is 4.79 Å². The third-order valence-corrected chi connectivity index (χ3v) is 6.19. The minimum atomic E-state index is -0.300. The third-order valence-electron chi connectivity index (χ3n) is 6.19. The molecule has 3 rings (SSSR count).